The normalized spacial score (nSPS) is 12.2. The average Bonchev–Trinajstić information content (AvgIpc) is 3.23. The zero-order chi connectivity index (χ0) is 44.1. The molecule has 11 nitrogen and oxygen atoms in total. The Morgan fingerprint density at radius 3 is 1.60 bits per heavy atom. The van der Waals surface area contributed by atoms with E-state index in [4.69, 9.17) is 9.41 Å². The molecule has 13 heteroatoms. The van der Waals surface area contributed by atoms with Gasteiger partial charge in [-0.15, -0.1) is 0 Å². The molecule has 0 saturated heterocycles. The molecule has 0 aromatic heterocycles. The second kappa shape index (κ2) is 16.3. The smallest absolute Gasteiger partial charge is 0.296 e. The van der Waals surface area contributed by atoms with Gasteiger partial charge in [-0.3, -0.25) is 9.11 Å². The zero-order valence-corrected chi connectivity index (χ0v) is 36.5. The molecule has 6 aromatic rings. The van der Waals surface area contributed by atoms with E-state index in [1.54, 1.807) is 18.2 Å². The Bertz CT molecular complexity index is 3330. The highest BCUT2D eigenvalue weighted by Crippen LogP contribution is 2.44. The van der Waals surface area contributed by atoms with Crippen molar-refractivity contribution in [1.82, 2.24) is 0 Å². The first-order valence-electron chi connectivity index (χ1n) is 19.7. The van der Waals surface area contributed by atoms with Crippen LogP contribution < -0.4 is 21.3 Å². The second-order valence-electron chi connectivity index (χ2n) is 15.4. The number of benzene rings is 7. The lowest BCUT2D eigenvalue weighted by Gasteiger charge is -2.21. The van der Waals surface area contributed by atoms with Crippen molar-refractivity contribution in [1.29, 1.82) is 0 Å². The summed E-state index contributed by atoms with van der Waals surface area (Å²) >= 11 is 0. The predicted molar refractivity (Wildman–Crippen MR) is 247 cm³/mol. The third-order valence-corrected chi connectivity index (χ3v) is 12.8. The molecule has 5 N–H and O–H groups in total. The van der Waals surface area contributed by atoms with Crippen molar-refractivity contribution >= 4 is 71.0 Å². The number of aryl methyl sites for hydroxylation is 4. The van der Waals surface area contributed by atoms with Crippen molar-refractivity contribution in [3.8, 4) is 22.5 Å². The van der Waals surface area contributed by atoms with E-state index in [2.05, 4.69) is 28.9 Å². The molecule has 0 radical (unpaired) electrons. The molecule has 1 heterocycles. The predicted octanol–water partition coefficient (Wildman–Crippen LogP) is 12.0. The van der Waals surface area contributed by atoms with Crippen molar-refractivity contribution in [2.24, 2.45) is 4.99 Å². The van der Waals surface area contributed by atoms with Crippen molar-refractivity contribution in [3.63, 3.8) is 0 Å². The standard InChI is InChI=1S/C49H44N4O7S2/c1-28-23-30(3)48(32(5)46(28)50-34-15-9-7-10-16-34)52-36-21-22-37-41(25-36)60-42-27-40(53-49-31(4)24-29(2)47(33(49)6)51-35-17-11-8-12-18-35)44(62(57,58)59)26-39(42)45(37)38-19-13-14-20-43(38)61(54,55)56/h7-27,50-52H,1-6H3,(H,54,55,56)(H,57,58,59). The molecular formula is C49H44N4O7S2. The van der Waals surface area contributed by atoms with Crippen LogP contribution in [0.3, 0.4) is 0 Å². The third-order valence-electron chi connectivity index (χ3n) is 11.0. The molecule has 2 aliphatic rings. The molecule has 0 amide bonds. The largest absolute Gasteiger partial charge is 0.456 e. The zero-order valence-electron chi connectivity index (χ0n) is 34.8. The minimum Gasteiger partial charge on any atom is -0.456 e. The summed E-state index contributed by atoms with van der Waals surface area (Å²) in [7, 11) is -9.71. The van der Waals surface area contributed by atoms with E-state index in [1.165, 1.54) is 30.3 Å². The lowest BCUT2D eigenvalue weighted by molar-refractivity contribution is 0.480. The summed E-state index contributed by atoms with van der Waals surface area (Å²) in [6.07, 6.45) is 0. The molecule has 0 atom stereocenters. The first-order chi connectivity index (χ1) is 29.5. The molecule has 8 rings (SSSR count). The van der Waals surface area contributed by atoms with Crippen LogP contribution in [0.1, 0.15) is 33.4 Å². The first kappa shape index (κ1) is 41.9. The maximum Gasteiger partial charge on any atom is 0.296 e. The molecule has 0 saturated carbocycles. The van der Waals surface area contributed by atoms with Gasteiger partial charge < -0.3 is 20.4 Å². The molecule has 1 aliphatic carbocycles. The van der Waals surface area contributed by atoms with Gasteiger partial charge in [-0.1, -0.05) is 66.7 Å². The number of nitrogens with one attached hydrogen (secondary N) is 3. The van der Waals surface area contributed by atoms with Crippen LogP contribution in [0, 0.1) is 41.5 Å². The Hall–Kier alpha value is -6.77. The van der Waals surface area contributed by atoms with Crippen LogP contribution >= 0.6 is 0 Å². The molecule has 0 spiro atoms. The van der Waals surface area contributed by atoms with E-state index < -0.39 is 30.0 Å². The van der Waals surface area contributed by atoms with Crippen LogP contribution in [-0.2, 0) is 20.2 Å². The fourth-order valence-electron chi connectivity index (χ4n) is 8.17. The maximum absolute atomic E-state index is 13.3. The highest BCUT2D eigenvalue weighted by atomic mass is 32.2. The molecular weight excluding hydrogens is 821 g/mol. The summed E-state index contributed by atoms with van der Waals surface area (Å²) in [5.74, 6) is 0.142. The Kier molecular flexibility index (Phi) is 11.0. The number of para-hydroxylation sites is 2. The molecule has 314 valence electrons. The minimum absolute atomic E-state index is 0.0937. The van der Waals surface area contributed by atoms with Crippen molar-refractivity contribution in [3.05, 3.63) is 166 Å². The van der Waals surface area contributed by atoms with Crippen LogP contribution in [0.5, 0.6) is 0 Å². The van der Waals surface area contributed by atoms with Gasteiger partial charge in [-0.05, 0) is 123 Å². The van der Waals surface area contributed by atoms with Crippen LogP contribution in [0.4, 0.5) is 39.8 Å². The van der Waals surface area contributed by atoms with E-state index in [1.807, 2.05) is 107 Å². The first-order valence-corrected chi connectivity index (χ1v) is 22.6. The highest BCUT2D eigenvalue weighted by molar-refractivity contribution is 7.86. The summed E-state index contributed by atoms with van der Waals surface area (Å²) in [6, 6.07) is 37.4. The van der Waals surface area contributed by atoms with Gasteiger partial charge in [-0.2, -0.15) is 16.8 Å². The summed E-state index contributed by atoms with van der Waals surface area (Å²) in [5.41, 5.74) is 11.9. The number of hydrogen-bond acceptors (Lipinski definition) is 9. The van der Waals surface area contributed by atoms with Crippen LogP contribution in [0.25, 0.3) is 33.4 Å². The molecule has 0 bridgehead atoms. The van der Waals surface area contributed by atoms with E-state index in [0.29, 0.717) is 22.3 Å². The number of fused-ring (bicyclic) bond motifs is 2. The van der Waals surface area contributed by atoms with Crippen LogP contribution in [-0.4, -0.2) is 25.9 Å². The summed E-state index contributed by atoms with van der Waals surface area (Å²) in [5, 5.41) is 10.9. The van der Waals surface area contributed by atoms with Gasteiger partial charge in [0, 0.05) is 68.3 Å². The third kappa shape index (κ3) is 8.18. The van der Waals surface area contributed by atoms with Crippen molar-refractivity contribution in [2.45, 2.75) is 51.3 Å². The lowest BCUT2D eigenvalue weighted by Crippen LogP contribution is -2.16. The number of rotatable bonds is 10. The van der Waals surface area contributed by atoms with Gasteiger partial charge in [0.2, 0.25) is 0 Å². The number of nitrogens with zero attached hydrogens (tertiary/aromatic N) is 1. The van der Waals surface area contributed by atoms with Gasteiger partial charge in [0.05, 0.1) is 11.0 Å². The monoisotopic (exact) mass is 864 g/mol. The minimum atomic E-state index is -4.94. The molecule has 0 fully saturated rings. The van der Waals surface area contributed by atoms with Crippen LogP contribution in [0.15, 0.2) is 147 Å². The van der Waals surface area contributed by atoms with E-state index in [9.17, 15) is 25.9 Å². The average molecular weight is 865 g/mol. The molecule has 1 aliphatic heterocycles. The molecule has 0 unspecified atom stereocenters. The number of anilines is 6. The van der Waals surface area contributed by atoms with E-state index in [0.717, 1.165) is 61.8 Å². The SMILES string of the molecule is Cc1cc(C)c(Nc2ccccc2)c(C)c1N=c1cc2oc3cc(Nc4c(C)cc(C)c(Nc5ccccc5)c4C)ccc3c(-c3ccccc3S(=O)(=O)O)c-2cc1S(=O)(=O)O. The van der Waals surface area contributed by atoms with Crippen LogP contribution in [0.2, 0.25) is 0 Å². The summed E-state index contributed by atoms with van der Waals surface area (Å²) in [6.45, 7) is 11.8. The Labute approximate surface area is 360 Å². The van der Waals surface area contributed by atoms with Crippen molar-refractivity contribution in [2.75, 3.05) is 16.0 Å². The topological polar surface area (TPSA) is 170 Å². The van der Waals surface area contributed by atoms with E-state index in [-0.39, 0.29) is 27.8 Å². The number of hydrogen-bond donors (Lipinski definition) is 5. The fourth-order valence-corrected chi connectivity index (χ4v) is 9.51. The van der Waals surface area contributed by atoms with Gasteiger partial charge in [0.25, 0.3) is 20.2 Å². The Morgan fingerprint density at radius 1 is 0.500 bits per heavy atom. The van der Waals surface area contributed by atoms with Gasteiger partial charge in [0.1, 0.15) is 21.1 Å². The lowest BCUT2D eigenvalue weighted by atomic mass is 9.93. The Morgan fingerprint density at radius 2 is 1.02 bits per heavy atom. The molecule has 6 aromatic carbocycles. The highest BCUT2D eigenvalue weighted by Gasteiger charge is 2.27. The summed E-state index contributed by atoms with van der Waals surface area (Å²) in [4.78, 5) is 3.97. The fraction of sp³-hybridized carbons (Fsp3) is 0.122. The quantitative estimate of drug-likeness (QED) is 0.0658. The van der Waals surface area contributed by atoms with Gasteiger partial charge in [0.15, 0.2) is 0 Å². The van der Waals surface area contributed by atoms with E-state index >= 15 is 0 Å². The Balaban J connectivity index is 1.37. The summed E-state index contributed by atoms with van der Waals surface area (Å²) < 4.78 is 80.1. The van der Waals surface area contributed by atoms with Gasteiger partial charge >= 0.3 is 0 Å². The van der Waals surface area contributed by atoms with Crippen molar-refractivity contribution < 1.29 is 30.4 Å². The van der Waals surface area contributed by atoms with Gasteiger partial charge in [-0.25, -0.2) is 4.99 Å². The maximum atomic E-state index is 13.3. The second-order valence-corrected chi connectivity index (χ2v) is 18.2. The molecule has 62 heavy (non-hydrogen) atoms.